The number of amides is 1. The van der Waals surface area contributed by atoms with Gasteiger partial charge in [-0.2, -0.15) is 13.9 Å². The number of nitrogens with zero attached hydrogens (tertiary/aromatic N) is 4. The Morgan fingerprint density at radius 3 is 2.76 bits per heavy atom. The number of alkyl halides is 2. The van der Waals surface area contributed by atoms with Gasteiger partial charge in [0, 0.05) is 25.6 Å². The first-order valence-corrected chi connectivity index (χ1v) is 4.70. The van der Waals surface area contributed by atoms with Crippen LogP contribution in [0.15, 0.2) is 24.7 Å². The zero-order valence-electron chi connectivity index (χ0n) is 8.84. The number of hydrogen-bond donors (Lipinski definition) is 1. The summed E-state index contributed by atoms with van der Waals surface area (Å²) in [5.41, 5.74) is -0.0895. The minimum atomic E-state index is -2.76. The van der Waals surface area contributed by atoms with E-state index >= 15 is 0 Å². The summed E-state index contributed by atoms with van der Waals surface area (Å²) in [5, 5.41) is 5.89. The van der Waals surface area contributed by atoms with Gasteiger partial charge in [0.05, 0.1) is 0 Å². The van der Waals surface area contributed by atoms with Crippen LogP contribution in [0.4, 0.5) is 14.7 Å². The van der Waals surface area contributed by atoms with Crippen molar-refractivity contribution in [1.29, 1.82) is 0 Å². The number of anilines is 1. The Balaban J connectivity index is 2.12. The van der Waals surface area contributed by atoms with Gasteiger partial charge < -0.3 is 4.57 Å². The Hall–Kier alpha value is -2.25. The van der Waals surface area contributed by atoms with Crippen molar-refractivity contribution >= 4 is 11.9 Å². The maximum Gasteiger partial charge on any atom is 0.333 e. The molecule has 0 saturated carbocycles. The fourth-order valence-corrected chi connectivity index (χ4v) is 1.22. The van der Waals surface area contributed by atoms with Crippen molar-refractivity contribution in [2.45, 2.75) is 6.55 Å². The molecule has 0 radical (unpaired) electrons. The third kappa shape index (κ3) is 2.30. The summed E-state index contributed by atoms with van der Waals surface area (Å²) in [4.78, 5) is 15.5. The number of nitrogens with one attached hydrogen (secondary N) is 1. The highest BCUT2D eigenvalue weighted by molar-refractivity contribution is 6.01. The molecule has 0 unspecified atom stereocenters. The van der Waals surface area contributed by atoms with Crippen LogP contribution in [0.3, 0.4) is 0 Å². The van der Waals surface area contributed by atoms with Crippen LogP contribution in [0.5, 0.6) is 0 Å². The minimum absolute atomic E-state index is 0.0895. The zero-order valence-corrected chi connectivity index (χ0v) is 8.84. The number of aromatic nitrogens is 4. The van der Waals surface area contributed by atoms with E-state index in [0.29, 0.717) is 10.6 Å². The van der Waals surface area contributed by atoms with E-state index in [1.807, 2.05) is 0 Å². The number of hydrogen-bond acceptors (Lipinski definition) is 3. The number of rotatable bonds is 3. The molecule has 0 aliphatic rings. The molecule has 90 valence electrons. The lowest BCUT2D eigenvalue weighted by atomic mass is 10.4. The molecular formula is C9H9F2N5O. The van der Waals surface area contributed by atoms with E-state index in [1.165, 1.54) is 12.3 Å². The van der Waals surface area contributed by atoms with E-state index in [-0.39, 0.29) is 5.69 Å². The Morgan fingerprint density at radius 2 is 2.24 bits per heavy atom. The Kier molecular flexibility index (Phi) is 2.86. The van der Waals surface area contributed by atoms with Crippen molar-refractivity contribution < 1.29 is 13.6 Å². The lowest BCUT2D eigenvalue weighted by molar-refractivity contribution is 0.0561. The Bertz CT molecular complexity index is 533. The zero-order chi connectivity index (χ0) is 12.4. The maximum absolute atomic E-state index is 12.2. The number of imidazole rings is 1. The smallest absolute Gasteiger partial charge is 0.320 e. The summed E-state index contributed by atoms with van der Waals surface area (Å²) >= 11 is 0. The van der Waals surface area contributed by atoms with Gasteiger partial charge in [-0.05, 0) is 6.07 Å². The second-order valence-corrected chi connectivity index (χ2v) is 3.27. The van der Waals surface area contributed by atoms with Crippen molar-refractivity contribution in [2.24, 2.45) is 7.05 Å². The summed E-state index contributed by atoms with van der Waals surface area (Å²) in [6.07, 6.45) is 4.19. The molecule has 2 aromatic rings. The molecule has 0 saturated heterocycles. The van der Waals surface area contributed by atoms with Gasteiger partial charge in [-0.25, -0.2) is 9.67 Å². The fraction of sp³-hybridized carbons (Fsp3) is 0.222. The van der Waals surface area contributed by atoms with Crippen molar-refractivity contribution in [3.8, 4) is 0 Å². The number of carbonyl (C=O) groups excluding carboxylic acids is 1. The van der Waals surface area contributed by atoms with E-state index in [0.717, 1.165) is 6.20 Å². The van der Waals surface area contributed by atoms with Crippen LogP contribution in [0.25, 0.3) is 0 Å². The van der Waals surface area contributed by atoms with Crippen LogP contribution in [-0.2, 0) is 7.05 Å². The van der Waals surface area contributed by atoms with Crippen molar-refractivity contribution in [1.82, 2.24) is 19.3 Å². The molecule has 17 heavy (non-hydrogen) atoms. The van der Waals surface area contributed by atoms with Gasteiger partial charge >= 0.3 is 6.55 Å². The first-order valence-electron chi connectivity index (χ1n) is 4.70. The van der Waals surface area contributed by atoms with E-state index in [2.05, 4.69) is 15.4 Å². The molecule has 2 rings (SSSR count). The third-order valence-electron chi connectivity index (χ3n) is 2.09. The average Bonchev–Trinajstić information content (AvgIpc) is 2.88. The molecule has 0 bridgehead atoms. The van der Waals surface area contributed by atoms with Crippen LogP contribution in [0.1, 0.15) is 17.0 Å². The van der Waals surface area contributed by atoms with Crippen molar-refractivity contribution in [3.05, 3.63) is 30.4 Å². The molecule has 2 aromatic heterocycles. The summed E-state index contributed by atoms with van der Waals surface area (Å²) < 4.78 is 26.5. The van der Waals surface area contributed by atoms with Gasteiger partial charge in [-0.1, -0.05) is 0 Å². The molecule has 0 aliphatic heterocycles. The first kappa shape index (κ1) is 11.2. The van der Waals surface area contributed by atoms with Gasteiger partial charge in [0.2, 0.25) is 5.95 Å². The number of halogens is 2. The monoisotopic (exact) mass is 241 g/mol. The molecule has 0 aliphatic carbocycles. The molecule has 2 heterocycles. The molecule has 0 atom stereocenters. The first-order chi connectivity index (χ1) is 8.08. The van der Waals surface area contributed by atoms with Crippen molar-refractivity contribution in [2.75, 3.05) is 5.32 Å². The van der Waals surface area contributed by atoms with E-state index < -0.39 is 12.5 Å². The fourth-order valence-electron chi connectivity index (χ4n) is 1.22. The second kappa shape index (κ2) is 4.32. The molecular weight excluding hydrogens is 232 g/mol. The maximum atomic E-state index is 12.2. The van der Waals surface area contributed by atoms with E-state index in [9.17, 15) is 13.6 Å². The third-order valence-corrected chi connectivity index (χ3v) is 2.09. The predicted molar refractivity (Wildman–Crippen MR) is 54.6 cm³/mol. The topological polar surface area (TPSA) is 64.7 Å². The lowest BCUT2D eigenvalue weighted by Crippen LogP contribution is -2.16. The van der Waals surface area contributed by atoms with Gasteiger partial charge in [0.25, 0.3) is 5.91 Å². The molecule has 1 amide bonds. The van der Waals surface area contributed by atoms with Crippen LogP contribution in [0, 0.1) is 0 Å². The average molecular weight is 241 g/mol. The standard InChI is InChI=1S/C9H9F2N5O/c1-15-5-3-12-9(15)13-7(17)6-2-4-16(14-6)8(10)11/h2-5,8H,1H3,(H,12,13,17). The number of carbonyl (C=O) groups is 1. The van der Waals surface area contributed by atoms with Crippen LogP contribution >= 0.6 is 0 Å². The van der Waals surface area contributed by atoms with Gasteiger partial charge in [0.1, 0.15) is 0 Å². The van der Waals surface area contributed by atoms with Gasteiger partial charge in [-0.15, -0.1) is 0 Å². The molecule has 1 N–H and O–H groups in total. The molecule has 6 nitrogen and oxygen atoms in total. The normalized spacial score (nSPS) is 10.8. The van der Waals surface area contributed by atoms with Crippen LogP contribution in [0.2, 0.25) is 0 Å². The van der Waals surface area contributed by atoms with Crippen molar-refractivity contribution in [3.63, 3.8) is 0 Å². The molecule has 0 fully saturated rings. The molecule has 0 spiro atoms. The summed E-state index contributed by atoms with van der Waals surface area (Å²) in [5.74, 6) is -0.264. The van der Waals surface area contributed by atoms with E-state index in [1.54, 1.807) is 17.8 Å². The molecule has 0 aromatic carbocycles. The second-order valence-electron chi connectivity index (χ2n) is 3.27. The highest BCUT2D eigenvalue weighted by Gasteiger charge is 2.14. The largest absolute Gasteiger partial charge is 0.333 e. The SMILES string of the molecule is Cn1ccnc1NC(=O)c1ccn(C(F)F)n1. The Morgan fingerprint density at radius 1 is 1.47 bits per heavy atom. The van der Waals surface area contributed by atoms with Gasteiger partial charge in [-0.3, -0.25) is 10.1 Å². The number of aryl methyl sites for hydroxylation is 1. The van der Waals surface area contributed by atoms with Crippen LogP contribution in [-0.4, -0.2) is 25.2 Å². The summed E-state index contributed by atoms with van der Waals surface area (Å²) in [6.45, 7) is -2.76. The Labute approximate surface area is 94.9 Å². The summed E-state index contributed by atoms with van der Waals surface area (Å²) in [6, 6.07) is 1.21. The highest BCUT2D eigenvalue weighted by Crippen LogP contribution is 2.10. The lowest BCUT2D eigenvalue weighted by Gasteiger charge is -2.02. The van der Waals surface area contributed by atoms with E-state index in [4.69, 9.17) is 0 Å². The predicted octanol–water partition coefficient (Wildman–Crippen LogP) is 1.26. The quantitative estimate of drug-likeness (QED) is 0.879. The minimum Gasteiger partial charge on any atom is -0.320 e. The molecule has 8 heteroatoms. The highest BCUT2D eigenvalue weighted by atomic mass is 19.3. The summed E-state index contributed by atoms with van der Waals surface area (Å²) in [7, 11) is 1.69. The van der Waals surface area contributed by atoms with Gasteiger partial charge in [0.15, 0.2) is 5.69 Å². The van der Waals surface area contributed by atoms with Crippen LogP contribution < -0.4 is 5.32 Å².